The van der Waals surface area contributed by atoms with Crippen LogP contribution in [0.3, 0.4) is 0 Å². The fourth-order valence-corrected chi connectivity index (χ4v) is 2.24. The number of anilines is 2. The molecule has 1 aromatic carbocycles. The molecule has 2 rings (SSSR count). The average Bonchev–Trinajstić information content (AvgIpc) is 2.49. The van der Waals surface area contributed by atoms with Gasteiger partial charge in [0.1, 0.15) is 17.3 Å². The van der Waals surface area contributed by atoms with Gasteiger partial charge in [0, 0.05) is 4.90 Å². The van der Waals surface area contributed by atoms with Crippen molar-refractivity contribution >= 4 is 29.2 Å². The Bertz CT molecular complexity index is 828. The molecule has 22 heavy (non-hydrogen) atoms. The van der Waals surface area contributed by atoms with E-state index in [4.69, 9.17) is 10.5 Å². The number of aromatic nitrogens is 2. The fraction of sp³-hybridized carbons (Fsp3) is 0.154. The first-order valence-electron chi connectivity index (χ1n) is 6.11. The number of aromatic amines is 2. The minimum absolute atomic E-state index is 0.220. The molecule has 1 heterocycles. The molecule has 1 amide bonds. The third kappa shape index (κ3) is 3.14. The zero-order valence-corrected chi connectivity index (χ0v) is 12.7. The molecule has 9 heteroatoms. The molecule has 2 aromatic rings. The summed E-state index contributed by atoms with van der Waals surface area (Å²) in [5, 5.41) is 2.38. The maximum atomic E-state index is 12.4. The molecule has 0 saturated heterocycles. The monoisotopic (exact) mass is 322 g/mol. The van der Waals surface area contributed by atoms with E-state index in [-0.39, 0.29) is 17.1 Å². The minimum Gasteiger partial charge on any atom is -0.496 e. The number of hydrogen-bond donors (Lipinski definition) is 4. The highest BCUT2D eigenvalue weighted by atomic mass is 32.2. The Morgan fingerprint density at radius 2 is 2.05 bits per heavy atom. The zero-order valence-electron chi connectivity index (χ0n) is 11.9. The summed E-state index contributed by atoms with van der Waals surface area (Å²) in [6.07, 6.45) is 1.87. The number of benzene rings is 1. The fourth-order valence-electron chi connectivity index (χ4n) is 1.80. The molecule has 0 unspecified atom stereocenters. The van der Waals surface area contributed by atoms with Gasteiger partial charge in [0.25, 0.3) is 11.5 Å². The molecule has 0 radical (unpaired) electrons. The molecule has 0 aliphatic rings. The molecule has 0 fully saturated rings. The topological polar surface area (TPSA) is 130 Å². The molecule has 1 aromatic heterocycles. The van der Waals surface area contributed by atoms with E-state index >= 15 is 0 Å². The van der Waals surface area contributed by atoms with Gasteiger partial charge in [0.15, 0.2) is 0 Å². The Labute approximate surface area is 129 Å². The number of H-pyrrole nitrogens is 2. The summed E-state index contributed by atoms with van der Waals surface area (Å²) < 4.78 is 5.14. The zero-order chi connectivity index (χ0) is 16.3. The molecule has 0 aliphatic carbocycles. The summed E-state index contributed by atoms with van der Waals surface area (Å²) in [6, 6.07) is 5.09. The number of nitrogens with two attached hydrogens (primary N) is 1. The number of carbonyl (C=O) groups is 1. The number of thioether (sulfide) groups is 1. The Hall–Kier alpha value is -2.68. The van der Waals surface area contributed by atoms with E-state index < -0.39 is 17.2 Å². The summed E-state index contributed by atoms with van der Waals surface area (Å²) in [5.41, 5.74) is 4.05. The molecular weight excluding hydrogens is 308 g/mol. The number of hydrogen-bond acceptors (Lipinski definition) is 6. The van der Waals surface area contributed by atoms with Crippen molar-refractivity contribution in [2.24, 2.45) is 0 Å². The average molecular weight is 322 g/mol. The lowest BCUT2D eigenvalue weighted by molar-refractivity contribution is 0.102. The van der Waals surface area contributed by atoms with Crippen LogP contribution in [0.25, 0.3) is 0 Å². The van der Waals surface area contributed by atoms with Crippen molar-refractivity contribution in [3.63, 3.8) is 0 Å². The van der Waals surface area contributed by atoms with Crippen LogP contribution in [-0.4, -0.2) is 29.2 Å². The highest BCUT2D eigenvalue weighted by Crippen LogP contribution is 2.25. The molecule has 0 bridgehead atoms. The standard InChI is InChI=1S/C13H14N4O4S/c1-21-8-4-3-6(22-2)5-7(8)11(18)15-9-10(14)16-13(20)17-12(9)19/h3-5H,1-2H3,(H,15,18)(H4,14,16,17,19,20). The molecule has 0 saturated carbocycles. The molecule has 0 aliphatic heterocycles. The van der Waals surface area contributed by atoms with Crippen LogP contribution in [0, 0.1) is 0 Å². The third-order valence-electron chi connectivity index (χ3n) is 2.86. The predicted octanol–water partition coefficient (Wildman–Crippen LogP) is 0.628. The largest absolute Gasteiger partial charge is 0.496 e. The van der Waals surface area contributed by atoms with Crippen molar-refractivity contribution in [3.05, 3.63) is 44.6 Å². The third-order valence-corrected chi connectivity index (χ3v) is 3.59. The molecule has 0 spiro atoms. The van der Waals surface area contributed by atoms with E-state index in [2.05, 4.69) is 10.3 Å². The van der Waals surface area contributed by atoms with Crippen molar-refractivity contribution in [2.45, 2.75) is 4.90 Å². The highest BCUT2D eigenvalue weighted by molar-refractivity contribution is 7.98. The van der Waals surface area contributed by atoms with Gasteiger partial charge in [-0.15, -0.1) is 11.8 Å². The Kier molecular flexibility index (Phi) is 4.56. The van der Waals surface area contributed by atoms with Crippen LogP contribution in [0.4, 0.5) is 11.5 Å². The van der Waals surface area contributed by atoms with Crippen molar-refractivity contribution in [1.82, 2.24) is 9.97 Å². The van der Waals surface area contributed by atoms with Gasteiger partial charge in [-0.05, 0) is 24.5 Å². The maximum Gasteiger partial charge on any atom is 0.327 e. The quantitative estimate of drug-likeness (QED) is 0.611. The molecule has 0 atom stereocenters. The van der Waals surface area contributed by atoms with Crippen LogP contribution < -0.4 is 27.0 Å². The number of carbonyl (C=O) groups excluding carboxylic acids is 1. The van der Waals surface area contributed by atoms with E-state index in [0.29, 0.717) is 5.75 Å². The van der Waals surface area contributed by atoms with Gasteiger partial charge >= 0.3 is 5.69 Å². The second kappa shape index (κ2) is 6.39. The lowest BCUT2D eigenvalue weighted by atomic mass is 10.2. The molecule has 8 nitrogen and oxygen atoms in total. The van der Waals surface area contributed by atoms with Gasteiger partial charge < -0.3 is 15.8 Å². The first kappa shape index (κ1) is 15.7. The van der Waals surface area contributed by atoms with Gasteiger partial charge in [-0.1, -0.05) is 0 Å². The lowest BCUT2D eigenvalue weighted by Crippen LogP contribution is -2.29. The number of ether oxygens (including phenoxy) is 1. The second-order valence-corrected chi connectivity index (χ2v) is 5.10. The smallest absolute Gasteiger partial charge is 0.327 e. The van der Waals surface area contributed by atoms with Crippen LogP contribution >= 0.6 is 11.8 Å². The second-order valence-electron chi connectivity index (χ2n) is 4.22. The van der Waals surface area contributed by atoms with Crippen LogP contribution in [-0.2, 0) is 0 Å². The molecule has 116 valence electrons. The van der Waals surface area contributed by atoms with Gasteiger partial charge in [0.05, 0.1) is 12.7 Å². The van der Waals surface area contributed by atoms with Gasteiger partial charge in [0.2, 0.25) is 0 Å². The molecule has 5 N–H and O–H groups in total. The van der Waals surface area contributed by atoms with E-state index in [1.54, 1.807) is 18.2 Å². The number of nitrogen functional groups attached to an aromatic ring is 1. The van der Waals surface area contributed by atoms with Crippen LogP contribution in [0.15, 0.2) is 32.7 Å². The van der Waals surface area contributed by atoms with E-state index in [0.717, 1.165) is 4.90 Å². The lowest BCUT2D eigenvalue weighted by Gasteiger charge is -2.11. The van der Waals surface area contributed by atoms with Crippen molar-refractivity contribution in [1.29, 1.82) is 0 Å². The summed E-state index contributed by atoms with van der Waals surface area (Å²) in [4.78, 5) is 40.2. The van der Waals surface area contributed by atoms with E-state index in [1.165, 1.54) is 18.9 Å². The summed E-state index contributed by atoms with van der Waals surface area (Å²) in [7, 11) is 1.44. The Morgan fingerprint density at radius 1 is 1.32 bits per heavy atom. The number of methoxy groups -OCH3 is 1. The van der Waals surface area contributed by atoms with Gasteiger partial charge in [-0.3, -0.25) is 19.6 Å². The van der Waals surface area contributed by atoms with Crippen LogP contribution in [0.5, 0.6) is 5.75 Å². The predicted molar refractivity (Wildman–Crippen MR) is 84.8 cm³/mol. The van der Waals surface area contributed by atoms with Crippen molar-refractivity contribution in [3.8, 4) is 5.75 Å². The Morgan fingerprint density at radius 3 is 2.64 bits per heavy atom. The SMILES string of the molecule is COc1ccc(SC)cc1C(=O)Nc1c(N)[nH]c(=O)[nH]c1=O. The normalized spacial score (nSPS) is 10.3. The number of rotatable bonds is 4. The number of amides is 1. The van der Waals surface area contributed by atoms with Crippen molar-refractivity contribution < 1.29 is 9.53 Å². The van der Waals surface area contributed by atoms with Crippen LogP contribution in [0.2, 0.25) is 0 Å². The maximum absolute atomic E-state index is 12.4. The summed E-state index contributed by atoms with van der Waals surface area (Å²) in [5.74, 6) is -0.436. The van der Waals surface area contributed by atoms with Gasteiger partial charge in [-0.2, -0.15) is 0 Å². The van der Waals surface area contributed by atoms with Gasteiger partial charge in [-0.25, -0.2) is 4.79 Å². The van der Waals surface area contributed by atoms with Crippen molar-refractivity contribution in [2.75, 3.05) is 24.4 Å². The highest BCUT2D eigenvalue weighted by Gasteiger charge is 2.16. The van der Waals surface area contributed by atoms with E-state index in [1.807, 2.05) is 11.2 Å². The van der Waals surface area contributed by atoms with E-state index in [9.17, 15) is 14.4 Å². The first-order chi connectivity index (χ1) is 10.5. The minimum atomic E-state index is -0.783. The summed E-state index contributed by atoms with van der Waals surface area (Å²) >= 11 is 1.46. The summed E-state index contributed by atoms with van der Waals surface area (Å²) in [6.45, 7) is 0. The number of nitrogens with one attached hydrogen (secondary N) is 3. The Balaban J connectivity index is 2.42. The first-order valence-corrected chi connectivity index (χ1v) is 7.34. The van der Waals surface area contributed by atoms with Crippen LogP contribution in [0.1, 0.15) is 10.4 Å². The molecular formula is C13H14N4O4S.